The number of piperidine rings is 2. The van der Waals surface area contributed by atoms with Crippen LogP contribution < -0.4 is 4.90 Å². The van der Waals surface area contributed by atoms with E-state index in [1.807, 2.05) is 23.6 Å². The molecule has 0 radical (unpaired) electrons. The number of carbonyl (C=O) groups excluding carboxylic acids is 1. The van der Waals surface area contributed by atoms with Crippen LogP contribution in [0.3, 0.4) is 0 Å². The van der Waals surface area contributed by atoms with Gasteiger partial charge in [0.1, 0.15) is 0 Å². The van der Waals surface area contributed by atoms with Crippen molar-refractivity contribution in [2.45, 2.75) is 51.0 Å². The molecule has 1 aromatic heterocycles. The summed E-state index contributed by atoms with van der Waals surface area (Å²) in [6, 6.07) is 0.0727. The number of rotatable bonds is 5. The zero-order valence-corrected chi connectivity index (χ0v) is 17.7. The number of aromatic nitrogens is 2. The number of alkyl halides is 3. The van der Waals surface area contributed by atoms with Gasteiger partial charge >= 0.3 is 12.2 Å². The first kappa shape index (κ1) is 21.0. The maximum absolute atomic E-state index is 12.9. The van der Waals surface area contributed by atoms with E-state index in [1.54, 1.807) is 0 Å². The molecule has 31 heavy (non-hydrogen) atoms. The van der Waals surface area contributed by atoms with Crippen LogP contribution in [0.15, 0.2) is 4.52 Å². The number of morpholine rings is 1. The van der Waals surface area contributed by atoms with Crippen LogP contribution in [0.5, 0.6) is 0 Å². The Hall–Kier alpha value is -1.88. The Morgan fingerprint density at radius 3 is 2.23 bits per heavy atom. The summed E-state index contributed by atoms with van der Waals surface area (Å²) in [6.07, 6.45) is -3.08. The molecular weight excluding hydrogens is 415 g/mol. The van der Waals surface area contributed by atoms with E-state index in [0.29, 0.717) is 31.1 Å². The lowest BCUT2D eigenvalue weighted by atomic mass is 9.89. The van der Waals surface area contributed by atoms with Crippen molar-refractivity contribution in [3.05, 3.63) is 5.82 Å². The van der Waals surface area contributed by atoms with Crippen LogP contribution in [0.1, 0.15) is 32.5 Å². The highest BCUT2D eigenvalue weighted by atomic mass is 19.4. The Balaban J connectivity index is 1.23. The molecule has 0 aromatic carbocycles. The number of hydrogen-bond donors (Lipinski definition) is 0. The first-order valence-corrected chi connectivity index (χ1v) is 11.1. The molecule has 1 aliphatic carbocycles. The van der Waals surface area contributed by atoms with Crippen LogP contribution >= 0.6 is 0 Å². The highest BCUT2D eigenvalue weighted by molar-refractivity contribution is 5.82. The lowest BCUT2D eigenvalue weighted by Crippen LogP contribution is -2.61. The number of amides is 1. The van der Waals surface area contributed by atoms with E-state index in [2.05, 4.69) is 15.0 Å². The van der Waals surface area contributed by atoms with Gasteiger partial charge in [-0.05, 0) is 43.7 Å². The molecule has 3 aliphatic heterocycles. The fourth-order valence-electron chi connectivity index (χ4n) is 5.90. The van der Waals surface area contributed by atoms with Crippen LogP contribution in [0, 0.1) is 17.8 Å². The number of halogens is 3. The summed E-state index contributed by atoms with van der Waals surface area (Å²) >= 11 is 0. The van der Waals surface area contributed by atoms with E-state index < -0.39 is 12.0 Å². The Labute approximate surface area is 178 Å². The third-order valence-electron chi connectivity index (χ3n) is 7.48. The number of anilines is 1. The Morgan fingerprint density at radius 1 is 1.10 bits per heavy atom. The van der Waals surface area contributed by atoms with E-state index >= 15 is 0 Å². The van der Waals surface area contributed by atoms with Crippen molar-refractivity contribution < 1.29 is 27.2 Å². The van der Waals surface area contributed by atoms with Gasteiger partial charge in [-0.3, -0.25) is 9.69 Å². The molecule has 5 rings (SSSR count). The van der Waals surface area contributed by atoms with Crippen LogP contribution in [-0.2, 0) is 15.7 Å². The number of ether oxygens (including phenoxy) is 1. The fraction of sp³-hybridized carbons (Fsp3) is 0.850. The lowest BCUT2D eigenvalue weighted by molar-refractivity contribution is -0.146. The van der Waals surface area contributed by atoms with Crippen molar-refractivity contribution in [1.82, 2.24) is 19.9 Å². The molecule has 1 amide bonds. The van der Waals surface area contributed by atoms with Gasteiger partial charge in [-0.25, -0.2) is 0 Å². The predicted molar refractivity (Wildman–Crippen MR) is 103 cm³/mol. The van der Waals surface area contributed by atoms with Gasteiger partial charge in [0.25, 0.3) is 5.82 Å². The Morgan fingerprint density at radius 2 is 1.71 bits per heavy atom. The minimum Gasteiger partial charge on any atom is -0.377 e. The van der Waals surface area contributed by atoms with Crippen molar-refractivity contribution in [2.24, 2.45) is 17.8 Å². The van der Waals surface area contributed by atoms with Gasteiger partial charge in [0.15, 0.2) is 0 Å². The number of fused-ring (bicyclic) bond motifs is 3. The molecule has 0 N–H and O–H groups in total. The van der Waals surface area contributed by atoms with E-state index in [-0.39, 0.29) is 29.9 Å². The van der Waals surface area contributed by atoms with Crippen LogP contribution in [0.2, 0.25) is 0 Å². The van der Waals surface area contributed by atoms with Crippen molar-refractivity contribution in [3.8, 4) is 0 Å². The molecule has 3 saturated heterocycles. The summed E-state index contributed by atoms with van der Waals surface area (Å²) in [6.45, 7) is 8.24. The van der Waals surface area contributed by atoms with Crippen molar-refractivity contribution in [1.29, 1.82) is 0 Å². The SMILES string of the molecule is CCN(CC)C(=O)C1C2CN(C3CC4COCC(C3)N4c3nc(C(F)(F)F)no3)CC21. The highest BCUT2D eigenvalue weighted by Gasteiger charge is 2.61. The van der Waals surface area contributed by atoms with Crippen molar-refractivity contribution in [3.63, 3.8) is 0 Å². The molecule has 4 aliphatic rings. The quantitative estimate of drug-likeness (QED) is 0.688. The maximum atomic E-state index is 12.9. The molecule has 1 saturated carbocycles. The lowest BCUT2D eigenvalue weighted by Gasteiger charge is -2.49. The maximum Gasteiger partial charge on any atom is 0.455 e. The second kappa shape index (κ2) is 7.61. The van der Waals surface area contributed by atoms with Gasteiger partial charge in [0, 0.05) is 38.1 Å². The van der Waals surface area contributed by atoms with Gasteiger partial charge < -0.3 is 19.1 Å². The molecule has 2 bridgehead atoms. The van der Waals surface area contributed by atoms with Crippen molar-refractivity contribution >= 4 is 11.9 Å². The molecule has 8 nitrogen and oxygen atoms in total. The summed E-state index contributed by atoms with van der Waals surface area (Å²) in [4.78, 5) is 22.5. The van der Waals surface area contributed by atoms with Crippen LogP contribution in [0.25, 0.3) is 0 Å². The van der Waals surface area contributed by atoms with E-state index in [1.165, 1.54) is 0 Å². The Bertz CT molecular complexity index is 803. The highest BCUT2D eigenvalue weighted by Crippen LogP contribution is 2.54. The van der Waals surface area contributed by atoms with E-state index in [9.17, 15) is 18.0 Å². The predicted octanol–water partition coefficient (Wildman–Crippen LogP) is 1.87. The minimum absolute atomic E-state index is 0.0711. The third-order valence-corrected chi connectivity index (χ3v) is 7.48. The molecule has 4 fully saturated rings. The average Bonchev–Trinajstić information content (AvgIpc) is 3.09. The summed E-state index contributed by atoms with van der Waals surface area (Å²) < 4.78 is 49.3. The average molecular weight is 443 g/mol. The molecular formula is C20H28F3N5O3. The smallest absolute Gasteiger partial charge is 0.377 e. The molecule has 172 valence electrons. The zero-order valence-electron chi connectivity index (χ0n) is 17.7. The largest absolute Gasteiger partial charge is 0.455 e. The monoisotopic (exact) mass is 443 g/mol. The molecule has 4 atom stereocenters. The normalized spacial score (nSPS) is 35.2. The summed E-state index contributed by atoms with van der Waals surface area (Å²) in [5.74, 6) is 0.0852. The number of likely N-dealkylation sites (tertiary alicyclic amines) is 1. The second-order valence-corrected chi connectivity index (χ2v) is 9.09. The first-order chi connectivity index (χ1) is 14.8. The van der Waals surface area contributed by atoms with Crippen LogP contribution in [0.4, 0.5) is 19.2 Å². The Kier molecular flexibility index (Phi) is 5.16. The summed E-state index contributed by atoms with van der Waals surface area (Å²) in [5.41, 5.74) is 0. The van der Waals surface area contributed by atoms with Gasteiger partial charge in [-0.15, -0.1) is 0 Å². The molecule has 0 spiro atoms. The van der Waals surface area contributed by atoms with E-state index in [0.717, 1.165) is 39.0 Å². The summed E-state index contributed by atoms with van der Waals surface area (Å²) in [7, 11) is 0. The molecule has 1 aromatic rings. The second-order valence-electron chi connectivity index (χ2n) is 9.09. The zero-order chi connectivity index (χ0) is 21.9. The number of hydrogen-bond acceptors (Lipinski definition) is 7. The van der Waals surface area contributed by atoms with Gasteiger partial charge in [-0.1, -0.05) is 0 Å². The van der Waals surface area contributed by atoms with E-state index in [4.69, 9.17) is 9.26 Å². The molecule has 11 heteroatoms. The standard InChI is InChI=1S/C20H28F3N5O3/c1-3-26(4-2)17(29)16-14-7-27(8-15(14)16)11-5-12-9-30-10-13(6-11)28(12)19-24-18(25-31-19)20(21,22)23/h11-16H,3-10H2,1-2H3. The third kappa shape index (κ3) is 3.59. The topological polar surface area (TPSA) is 74.9 Å². The minimum atomic E-state index is -4.62. The van der Waals surface area contributed by atoms with Crippen LogP contribution in [-0.4, -0.2) is 83.4 Å². The molecule has 4 heterocycles. The number of nitrogens with zero attached hydrogens (tertiary/aromatic N) is 5. The van der Waals surface area contributed by atoms with Crippen molar-refractivity contribution in [2.75, 3.05) is 44.3 Å². The first-order valence-electron chi connectivity index (χ1n) is 11.1. The van der Waals surface area contributed by atoms with Gasteiger partial charge in [0.2, 0.25) is 5.91 Å². The van der Waals surface area contributed by atoms with Gasteiger partial charge in [0.05, 0.1) is 25.3 Å². The molecule has 4 unspecified atom stereocenters. The summed E-state index contributed by atoms with van der Waals surface area (Å²) in [5, 5.41) is 3.12. The fourth-order valence-corrected chi connectivity index (χ4v) is 5.90. The van der Waals surface area contributed by atoms with Gasteiger partial charge in [-0.2, -0.15) is 18.2 Å². The number of carbonyl (C=O) groups is 1.